The maximum absolute atomic E-state index is 12.1. The molecule has 5 heteroatoms. The second-order valence-corrected chi connectivity index (χ2v) is 4.71. The molecule has 0 aromatic carbocycles. The summed E-state index contributed by atoms with van der Waals surface area (Å²) in [7, 11) is 3.53. The first-order valence-corrected chi connectivity index (χ1v) is 6.04. The van der Waals surface area contributed by atoms with E-state index < -0.39 is 6.10 Å². The molecule has 0 spiro atoms. The summed E-state index contributed by atoms with van der Waals surface area (Å²) in [6, 6.07) is 1.63. The van der Waals surface area contributed by atoms with Crippen molar-refractivity contribution in [3.05, 3.63) is 18.0 Å². The highest BCUT2D eigenvalue weighted by Crippen LogP contribution is 2.23. The van der Waals surface area contributed by atoms with Crippen LogP contribution in [0.4, 0.5) is 0 Å². The number of aromatic nitrogens is 2. The monoisotopic (exact) mass is 237 g/mol. The van der Waals surface area contributed by atoms with E-state index in [1.165, 1.54) is 0 Å². The molecule has 1 aliphatic carbocycles. The van der Waals surface area contributed by atoms with Gasteiger partial charge in [0.15, 0.2) is 0 Å². The number of hydrogen-bond donors (Lipinski definition) is 1. The SMILES string of the molecule is CN(C(=O)c1ccn(C)n1)C1CCCCC1O. The molecule has 1 aromatic heterocycles. The average Bonchev–Trinajstić information content (AvgIpc) is 2.75. The molecule has 2 rings (SSSR count). The molecule has 0 saturated heterocycles. The van der Waals surface area contributed by atoms with Crippen molar-refractivity contribution in [1.29, 1.82) is 0 Å². The molecule has 0 radical (unpaired) electrons. The smallest absolute Gasteiger partial charge is 0.274 e. The van der Waals surface area contributed by atoms with Crippen LogP contribution in [0, 0.1) is 0 Å². The van der Waals surface area contributed by atoms with Gasteiger partial charge in [-0.25, -0.2) is 0 Å². The molecule has 1 heterocycles. The van der Waals surface area contributed by atoms with Crippen LogP contribution in [0.5, 0.6) is 0 Å². The quantitative estimate of drug-likeness (QED) is 0.827. The van der Waals surface area contributed by atoms with E-state index >= 15 is 0 Å². The molecule has 0 bridgehead atoms. The van der Waals surface area contributed by atoms with Gasteiger partial charge >= 0.3 is 0 Å². The number of likely N-dealkylation sites (N-methyl/N-ethyl adjacent to an activating group) is 1. The third-order valence-corrected chi connectivity index (χ3v) is 3.44. The largest absolute Gasteiger partial charge is 0.391 e. The molecule has 94 valence electrons. The molecule has 1 amide bonds. The van der Waals surface area contributed by atoms with Gasteiger partial charge in [0.1, 0.15) is 5.69 Å². The molecule has 1 saturated carbocycles. The topological polar surface area (TPSA) is 58.4 Å². The van der Waals surface area contributed by atoms with Crippen molar-refractivity contribution in [3.63, 3.8) is 0 Å². The zero-order valence-corrected chi connectivity index (χ0v) is 10.3. The number of hydrogen-bond acceptors (Lipinski definition) is 3. The van der Waals surface area contributed by atoms with Gasteiger partial charge in [0.05, 0.1) is 12.1 Å². The first kappa shape index (κ1) is 12.1. The zero-order valence-electron chi connectivity index (χ0n) is 10.3. The minimum Gasteiger partial charge on any atom is -0.391 e. The van der Waals surface area contributed by atoms with Crippen LogP contribution in [0.25, 0.3) is 0 Å². The first-order chi connectivity index (χ1) is 8.09. The van der Waals surface area contributed by atoms with Gasteiger partial charge in [0.2, 0.25) is 0 Å². The number of aryl methyl sites for hydroxylation is 1. The molecule has 1 aliphatic rings. The Morgan fingerprint density at radius 2 is 2.24 bits per heavy atom. The molecule has 5 nitrogen and oxygen atoms in total. The molecule has 1 fully saturated rings. The van der Waals surface area contributed by atoms with Crippen LogP contribution >= 0.6 is 0 Å². The van der Waals surface area contributed by atoms with Crippen molar-refractivity contribution in [3.8, 4) is 0 Å². The maximum atomic E-state index is 12.1. The second-order valence-electron chi connectivity index (χ2n) is 4.71. The fourth-order valence-corrected chi connectivity index (χ4v) is 2.40. The summed E-state index contributed by atoms with van der Waals surface area (Å²) in [5.74, 6) is -0.114. The van der Waals surface area contributed by atoms with Crippen LogP contribution in [0.1, 0.15) is 36.2 Å². The van der Waals surface area contributed by atoms with E-state index in [0.717, 1.165) is 25.7 Å². The Bertz CT molecular complexity index is 402. The summed E-state index contributed by atoms with van der Waals surface area (Å²) < 4.78 is 1.61. The van der Waals surface area contributed by atoms with Crippen LogP contribution in [0.15, 0.2) is 12.3 Å². The number of amides is 1. The zero-order chi connectivity index (χ0) is 12.4. The highest BCUT2D eigenvalue weighted by Gasteiger charge is 2.30. The van der Waals surface area contributed by atoms with Gasteiger partial charge < -0.3 is 10.0 Å². The number of carbonyl (C=O) groups is 1. The van der Waals surface area contributed by atoms with Crippen molar-refractivity contribution >= 4 is 5.91 Å². The molecular weight excluding hydrogens is 218 g/mol. The Hall–Kier alpha value is -1.36. The number of rotatable bonds is 2. The normalized spacial score (nSPS) is 24.6. The van der Waals surface area contributed by atoms with Gasteiger partial charge in [-0.15, -0.1) is 0 Å². The predicted molar refractivity (Wildman–Crippen MR) is 63.6 cm³/mol. The highest BCUT2D eigenvalue weighted by atomic mass is 16.3. The summed E-state index contributed by atoms with van der Waals surface area (Å²) >= 11 is 0. The van der Waals surface area contributed by atoms with E-state index in [-0.39, 0.29) is 11.9 Å². The van der Waals surface area contributed by atoms with Crippen LogP contribution in [-0.4, -0.2) is 44.9 Å². The fraction of sp³-hybridized carbons (Fsp3) is 0.667. The Kier molecular flexibility index (Phi) is 3.47. The minimum absolute atomic E-state index is 0.0711. The minimum atomic E-state index is -0.401. The van der Waals surface area contributed by atoms with E-state index in [1.54, 1.807) is 35.9 Å². The number of aliphatic hydroxyl groups is 1. The van der Waals surface area contributed by atoms with E-state index in [0.29, 0.717) is 5.69 Å². The summed E-state index contributed by atoms with van der Waals surface area (Å²) in [6.45, 7) is 0. The van der Waals surface area contributed by atoms with E-state index in [2.05, 4.69) is 5.10 Å². The van der Waals surface area contributed by atoms with Gasteiger partial charge in [0.25, 0.3) is 5.91 Å². The first-order valence-electron chi connectivity index (χ1n) is 6.04. The highest BCUT2D eigenvalue weighted by molar-refractivity contribution is 5.92. The van der Waals surface area contributed by atoms with Crippen LogP contribution < -0.4 is 0 Å². The summed E-state index contributed by atoms with van der Waals surface area (Å²) in [4.78, 5) is 13.8. The van der Waals surface area contributed by atoms with E-state index in [1.807, 2.05) is 0 Å². The Balaban J connectivity index is 2.08. The van der Waals surface area contributed by atoms with Crippen molar-refractivity contribution in [2.24, 2.45) is 7.05 Å². The lowest BCUT2D eigenvalue weighted by Gasteiger charge is -2.34. The molecule has 0 aliphatic heterocycles. The Labute approximate surface area is 101 Å². The summed E-state index contributed by atoms with van der Waals surface area (Å²) in [5, 5.41) is 14.0. The summed E-state index contributed by atoms with van der Waals surface area (Å²) in [6.07, 6.45) is 5.12. The lowest BCUT2D eigenvalue weighted by atomic mass is 9.91. The summed E-state index contributed by atoms with van der Waals surface area (Å²) in [5.41, 5.74) is 0.438. The number of aliphatic hydroxyl groups excluding tert-OH is 1. The molecule has 1 N–H and O–H groups in total. The van der Waals surface area contributed by atoms with Crippen molar-refractivity contribution in [2.45, 2.75) is 37.8 Å². The number of carbonyl (C=O) groups excluding carboxylic acids is 1. The lowest BCUT2D eigenvalue weighted by molar-refractivity contribution is 0.0264. The van der Waals surface area contributed by atoms with Crippen LogP contribution in [0.2, 0.25) is 0 Å². The van der Waals surface area contributed by atoms with E-state index in [9.17, 15) is 9.90 Å². The number of nitrogens with zero attached hydrogens (tertiary/aromatic N) is 3. The standard InChI is InChI=1S/C12H19N3O2/c1-14-8-7-9(13-14)12(17)15(2)10-5-3-4-6-11(10)16/h7-8,10-11,16H,3-6H2,1-2H3. The van der Waals surface area contributed by atoms with Gasteiger partial charge in [-0.1, -0.05) is 12.8 Å². The Morgan fingerprint density at radius 1 is 1.53 bits per heavy atom. The predicted octanol–water partition coefficient (Wildman–Crippen LogP) is 0.796. The fourth-order valence-electron chi connectivity index (χ4n) is 2.40. The van der Waals surface area contributed by atoms with Gasteiger partial charge in [-0.05, 0) is 18.9 Å². The molecule has 2 unspecified atom stereocenters. The third kappa shape index (κ3) is 2.49. The molecule has 2 atom stereocenters. The Morgan fingerprint density at radius 3 is 2.82 bits per heavy atom. The molecular formula is C12H19N3O2. The van der Waals surface area contributed by atoms with Crippen molar-refractivity contribution in [2.75, 3.05) is 7.05 Å². The van der Waals surface area contributed by atoms with Crippen molar-refractivity contribution < 1.29 is 9.90 Å². The van der Waals surface area contributed by atoms with E-state index in [4.69, 9.17) is 0 Å². The maximum Gasteiger partial charge on any atom is 0.274 e. The van der Waals surface area contributed by atoms with Gasteiger partial charge in [-0.3, -0.25) is 9.48 Å². The lowest BCUT2D eigenvalue weighted by Crippen LogP contribution is -2.46. The second kappa shape index (κ2) is 4.87. The van der Waals surface area contributed by atoms with Gasteiger partial charge in [0, 0.05) is 20.3 Å². The van der Waals surface area contributed by atoms with Crippen LogP contribution in [0.3, 0.4) is 0 Å². The molecule has 1 aromatic rings. The average molecular weight is 237 g/mol. The third-order valence-electron chi connectivity index (χ3n) is 3.44. The molecule has 17 heavy (non-hydrogen) atoms. The van der Waals surface area contributed by atoms with Gasteiger partial charge in [-0.2, -0.15) is 5.10 Å². The van der Waals surface area contributed by atoms with Crippen LogP contribution in [-0.2, 0) is 7.05 Å². The van der Waals surface area contributed by atoms with Crippen molar-refractivity contribution in [1.82, 2.24) is 14.7 Å².